The third-order valence-electron chi connectivity index (χ3n) is 2.84. The summed E-state index contributed by atoms with van der Waals surface area (Å²) < 4.78 is 63.0. The van der Waals surface area contributed by atoms with E-state index >= 15 is 0 Å². The number of rotatable bonds is 2. The molecule has 7 heteroatoms. The van der Waals surface area contributed by atoms with E-state index in [-0.39, 0.29) is 6.42 Å². The first-order chi connectivity index (χ1) is 8.31. The molecule has 18 heavy (non-hydrogen) atoms. The molecule has 1 aromatic carbocycles. The van der Waals surface area contributed by atoms with Gasteiger partial charge in [0, 0.05) is 0 Å². The summed E-state index contributed by atoms with van der Waals surface area (Å²) in [6, 6.07) is 6.79. The lowest BCUT2D eigenvalue weighted by atomic mass is 9.90. The first-order valence-electron chi connectivity index (χ1n) is 5.38. The van der Waals surface area contributed by atoms with Crippen LogP contribution < -0.4 is 0 Å². The molecule has 0 saturated carbocycles. The van der Waals surface area contributed by atoms with Crippen molar-refractivity contribution in [1.29, 1.82) is 0 Å². The molecule has 0 radical (unpaired) electrons. The zero-order valence-electron chi connectivity index (χ0n) is 9.27. The van der Waals surface area contributed by atoms with Gasteiger partial charge in [-0.2, -0.15) is 21.6 Å². The van der Waals surface area contributed by atoms with Gasteiger partial charge in [-0.1, -0.05) is 24.3 Å². The summed E-state index contributed by atoms with van der Waals surface area (Å²) in [6.07, 6.45) is 0.560. The molecule has 1 aliphatic carbocycles. The van der Waals surface area contributed by atoms with Crippen LogP contribution in [0.4, 0.5) is 13.2 Å². The van der Waals surface area contributed by atoms with Crippen LogP contribution in [0.5, 0.6) is 0 Å². The summed E-state index contributed by atoms with van der Waals surface area (Å²) in [5.74, 6) is 0. The fraction of sp³-hybridized carbons (Fsp3) is 0.455. The highest BCUT2D eigenvalue weighted by molar-refractivity contribution is 7.87. The Kier molecular flexibility index (Phi) is 3.37. The molecule has 0 saturated heterocycles. The number of aryl methyl sites for hydroxylation is 1. The Morgan fingerprint density at radius 1 is 1.22 bits per heavy atom. The molecule has 0 N–H and O–H groups in total. The molecule has 1 unspecified atom stereocenters. The van der Waals surface area contributed by atoms with Gasteiger partial charge >= 0.3 is 15.6 Å². The van der Waals surface area contributed by atoms with Crippen molar-refractivity contribution in [2.45, 2.75) is 30.9 Å². The highest BCUT2D eigenvalue weighted by atomic mass is 32.2. The lowest BCUT2D eigenvalue weighted by Crippen LogP contribution is -2.28. The van der Waals surface area contributed by atoms with E-state index < -0.39 is 21.7 Å². The third kappa shape index (κ3) is 2.51. The van der Waals surface area contributed by atoms with Crippen LogP contribution in [-0.2, 0) is 20.7 Å². The second-order valence-electron chi connectivity index (χ2n) is 4.08. The van der Waals surface area contributed by atoms with Gasteiger partial charge < -0.3 is 0 Å². The maximum Gasteiger partial charge on any atom is 0.523 e. The molecule has 0 fully saturated rings. The Morgan fingerprint density at radius 2 is 1.89 bits per heavy atom. The molecule has 100 valence electrons. The van der Waals surface area contributed by atoms with E-state index in [0.29, 0.717) is 12.0 Å². The van der Waals surface area contributed by atoms with Gasteiger partial charge in [-0.15, -0.1) is 0 Å². The number of benzene rings is 1. The Balaban J connectivity index is 2.28. The summed E-state index contributed by atoms with van der Waals surface area (Å²) >= 11 is 0. The third-order valence-corrected chi connectivity index (χ3v) is 3.89. The normalized spacial score (nSPS) is 20.5. The predicted octanol–water partition coefficient (Wildman–Crippen LogP) is 2.93. The van der Waals surface area contributed by atoms with E-state index in [9.17, 15) is 21.6 Å². The first-order valence-corrected chi connectivity index (χ1v) is 6.79. The lowest BCUT2D eigenvalue weighted by Gasteiger charge is -2.25. The van der Waals surface area contributed by atoms with Crippen molar-refractivity contribution in [2.24, 2.45) is 0 Å². The van der Waals surface area contributed by atoms with E-state index in [2.05, 4.69) is 4.18 Å². The summed E-state index contributed by atoms with van der Waals surface area (Å²) in [7, 11) is -5.54. The topological polar surface area (TPSA) is 43.4 Å². The van der Waals surface area contributed by atoms with E-state index in [1.807, 2.05) is 0 Å². The Hall–Kier alpha value is -1.08. The first kappa shape index (κ1) is 13.4. The molecule has 1 aromatic rings. The Morgan fingerprint density at radius 3 is 2.56 bits per heavy atom. The van der Waals surface area contributed by atoms with Crippen molar-refractivity contribution >= 4 is 10.1 Å². The summed E-state index contributed by atoms with van der Waals surface area (Å²) in [6.45, 7) is 0. The van der Waals surface area contributed by atoms with E-state index in [4.69, 9.17) is 0 Å². The number of hydrogen-bond donors (Lipinski definition) is 0. The fourth-order valence-corrected chi connectivity index (χ4v) is 2.63. The summed E-state index contributed by atoms with van der Waals surface area (Å²) in [5, 5.41) is 0. The van der Waals surface area contributed by atoms with E-state index in [1.165, 1.54) is 0 Å². The minimum absolute atomic E-state index is 0.270. The molecule has 1 atom stereocenters. The number of fused-ring (bicyclic) bond motifs is 1. The molecule has 0 aromatic heterocycles. The van der Waals surface area contributed by atoms with Crippen LogP contribution in [0.1, 0.15) is 30.1 Å². The van der Waals surface area contributed by atoms with Gasteiger partial charge in [0.25, 0.3) is 0 Å². The van der Waals surface area contributed by atoms with Crippen LogP contribution >= 0.6 is 0 Å². The largest absolute Gasteiger partial charge is 0.523 e. The quantitative estimate of drug-likeness (QED) is 0.618. The number of halogens is 3. The van der Waals surface area contributed by atoms with Crippen molar-refractivity contribution in [3.63, 3.8) is 0 Å². The van der Waals surface area contributed by atoms with Gasteiger partial charge in [0.05, 0.1) is 0 Å². The Labute approximate surface area is 103 Å². The number of hydrogen-bond acceptors (Lipinski definition) is 3. The minimum atomic E-state index is -5.54. The highest BCUT2D eigenvalue weighted by Crippen LogP contribution is 2.36. The fourth-order valence-electron chi connectivity index (χ4n) is 2.02. The number of alkyl halides is 3. The van der Waals surface area contributed by atoms with Gasteiger partial charge in [0.15, 0.2) is 0 Å². The highest BCUT2D eigenvalue weighted by Gasteiger charge is 2.49. The van der Waals surface area contributed by atoms with Crippen LogP contribution in [0.2, 0.25) is 0 Å². The summed E-state index contributed by atoms with van der Waals surface area (Å²) in [4.78, 5) is 0. The van der Waals surface area contributed by atoms with Crippen LogP contribution in [-0.4, -0.2) is 13.9 Å². The zero-order valence-corrected chi connectivity index (χ0v) is 10.1. The predicted molar refractivity (Wildman–Crippen MR) is 58.2 cm³/mol. The molecule has 0 heterocycles. The standard InChI is InChI=1S/C11H11F3O3S/c12-11(13,14)18(15,16)17-10-7-3-5-8-4-1-2-6-9(8)10/h1-2,4,6,10H,3,5,7H2. The SMILES string of the molecule is O=S(=O)(OC1CCCc2ccccc21)C(F)(F)F. The van der Waals surface area contributed by atoms with Gasteiger partial charge in [0.2, 0.25) is 0 Å². The van der Waals surface area contributed by atoms with Gasteiger partial charge in [-0.05, 0) is 30.4 Å². The van der Waals surface area contributed by atoms with Crippen LogP contribution in [0, 0.1) is 0 Å². The molecule has 2 rings (SSSR count). The maximum atomic E-state index is 12.3. The second-order valence-corrected chi connectivity index (χ2v) is 5.64. The van der Waals surface area contributed by atoms with Crippen molar-refractivity contribution in [3.05, 3.63) is 35.4 Å². The van der Waals surface area contributed by atoms with E-state index in [1.54, 1.807) is 24.3 Å². The smallest absolute Gasteiger partial charge is 0.255 e. The van der Waals surface area contributed by atoms with Crippen LogP contribution in [0.15, 0.2) is 24.3 Å². The molecule has 0 bridgehead atoms. The average molecular weight is 280 g/mol. The van der Waals surface area contributed by atoms with Crippen LogP contribution in [0.25, 0.3) is 0 Å². The summed E-state index contributed by atoms with van der Waals surface area (Å²) in [5.41, 5.74) is -4.01. The van der Waals surface area contributed by atoms with Gasteiger partial charge in [-0.25, -0.2) is 0 Å². The van der Waals surface area contributed by atoms with Gasteiger partial charge in [-0.3, -0.25) is 4.18 Å². The molecule has 3 nitrogen and oxygen atoms in total. The monoisotopic (exact) mass is 280 g/mol. The van der Waals surface area contributed by atoms with Gasteiger partial charge in [0.1, 0.15) is 6.10 Å². The Bertz CT molecular complexity index is 537. The van der Waals surface area contributed by atoms with Crippen molar-refractivity contribution in [1.82, 2.24) is 0 Å². The average Bonchev–Trinajstić information content (AvgIpc) is 2.27. The maximum absolute atomic E-state index is 12.3. The molecule has 0 amide bonds. The second kappa shape index (κ2) is 4.55. The van der Waals surface area contributed by atoms with Crippen molar-refractivity contribution in [3.8, 4) is 0 Å². The van der Waals surface area contributed by atoms with E-state index in [0.717, 1.165) is 12.0 Å². The molecule has 1 aliphatic rings. The molecule has 0 aliphatic heterocycles. The zero-order chi connectivity index (χ0) is 13.4. The lowest BCUT2D eigenvalue weighted by molar-refractivity contribution is -0.0580. The molecular formula is C11H11F3O3S. The van der Waals surface area contributed by atoms with Crippen molar-refractivity contribution < 1.29 is 25.8 Å². The molecule has 0 spiro atoms. The minimum Gasteiger partial charge on any atom is -0.255 e. The van der Waals surface area contributed by atoms with Crippen molar-refractivity contribution in [2.75, 3.05) is 0 Å². The molecular weight excluding hydrogens is 269 g/mol. The van der Waals surface area contributed by atoms with Crippen LogP contribution in [0.3, 0.4) is 0 Å².